The van der Waals surface area contributed by atoms with E-state index in [0.717, 1.165) is 22.8 Å². The number of fused-ring (bicyclic) bond motifs is 1. The van der Waals surface area contributed by atoms with E-state index in [4.69, 9.17) is 10.5 Å². The first-order chi connectivity index (χ1) is 9.17. The van der Waals surface area contributed by atoms with E-state index in [1.807, 2.05) is 35.0 Å². The van der Waals surface area contributed by atoms with Gasteiger partial charge < -0.3 is 15.0 Å². The number of nitrogens with two attached hydrogens (primary N) is 1. The van der Waals surface area contributed by atoms with Crippen molar-refractivity contribution >= 4 is 0 Å². The van der Waals surface area contributed by atoms with Crippen molar-refractivity contribution in [3.05, 3.63) is 36.3 Å². The van der Waals surface area contributed by atoms with Gasteiger partial charge in [0.1, 0.15) is 17.7 Å². The molecule has 5 heteroatoms. The number of rotatable bonds is 2. The zero-order valence-electron chi connectivity index (χ0n) is 10.7. The Morgan fingerprint density at radius 1 is 1.47 bits per heavy atom. The quantitative estimate of drug-likeness (QED) is 0.902. The van der Waals surface area contributed by atoms with Crippen LogP contribution in [-0.4, -0.2) is 22.8 Å². The van der Waals surface area contributed by atoms with Gasteiger partial charge in [-0.15, -0.1) is 0 Å². The van der Waals surface area contributed by atoms with Crippen LogP contribution in [0.3, 0.4) is 0 Å². The van der Waals surface area contributed by atoms with Gasteiger partial charge in [0.2, 0.25) is 0 Å². The van der Waals surface area contributed by atoms with E-state index in [-0.39, 0.29) is 6.04 Å². The molecule has 0 aliphatic carbocycles. The Morgan fingerprint density at radius 2 is 2.32 bits per heavy atom. The number of benzene rings is 1. The fourth-order valence-corrected chi connectivity index (χ4v) is 2.46. The fourth-order valence-electron chi connectivity index (χ4n) is 2.46. The van der Waals surface area contributed by atoms with Crippen molar-refractivity contribution in [2.75, 3.05) is 7.11 Å². The number of hydrogen-bond donors (Lipinski definition) is 1. The third kappa shape index (κ3) is 2.21. The highest BCUT2D eigenvalue weighted by Gasteiger charge is 2.26. The van der Waals surface area contributed by atoms with Crippen molar-refractivity contribution in [2.45, 2.75) is 25.2 Å². The summed E-state index contributed by atoms with van der Waals surface area (Å²) in [5.41, 5.74) is 7.69. The maximum absolute atomic E-state index is 13.5. The third-order valence-corrected chi connectivity index (χ3v) is 3.41. The summed E-state index contributed by atoms with van der Waals surface area (Å²) in [5.74, 6) is 1.53. The SMILES string of the molecule is COc1cccc(-c2cn3c(n2)C(N)CC(F)C3)c1. The second-order valence-electron chi connectivity index (χ2n) is 4.81. The largest absolute Gasteiger partial charge is 0.497 e. The molecule has 0 radical (unpaired) electrons. The van der Waals surface area contributed by atoms with Gasteiger partial charge >= 0.3 is 0 Å². The average molecular weight is 261 g/mol. The molecule has 0 fully saturated rings. The van der Waals surface area contributed by atoms with Gasteiger partial charge in [-0.1, -0.05) is 12.1 Å². The molecule has 0 spiro atoms. The van der Waals surface area contributed by atoms with E-state index in [1.165, 1.54) is 0 Å². The summed E-state index contributed by atoms with van der Waals surface area (Å²) in [5, 5.41) is 0. The molecule has 2 atom stereocenters. The predicted octanol–water partition coefficient (Wildman–Crippen LogP) is 2.30. The van der Waals surface area contributed by atoms with E-state index in [2.05, 4.69) is 4.98 Å². The highest BCUT2D eigenvalue weighted by molar-refractivity contribution is 5.61. The van der Waals surface area contributed by atoms with Gasteiger partial charge in [0.15, 0.2) is 0 Å². The van der Waals surface area contributed by atoms with Gasteiger partial charge in [0.05, 0.1) is 25.4 Å². The van der Waals surface area contributed by atoms with Gasteiger partial charge in [-0.05, 0) is 12.1 Å². The van der Waals surface area contributed by atoms with Crippen molar-refractivity contribution in [2.24, 2.45) is 5.73 Å². The Kier molecular flexibility index (Phi) is 2.98. The number of nitrogens with zero attached hydrogens (tertiary/aromatic N) is 2. The number of methoxy groups -OCH3 is 1. The first-order valence-corrected chi connectivity index (χ1v) is 6.28. The zero-order valence-corrected chi connectivity index (χ0v) is 10.7. The second-order valence-corrected chi connectivity index (χ2v) is 4.81. The van der Waals surface area contributed by atoms with Crippen LogP contribution in [-0.2, 0) is 6.54 Å². The molecule has 2 heterocycles. The molecule has 2 aromatic rings. The summed E-state index contributed by atoms with van der Waals surface area (Å²) < 4.78 is 20.5. The van der Waals surface area contributed by atoms with Crippen molar-refractivity contribution < 1.29 is 9.13 Å². The van der Waals surface area contributed by atoms with Crippen LogP contribution in [0.1, 0.15) is 18.3 Å². The number of halogens is 1. The lowest BCUT2D eigenvalue weighted by Gasteiger charge is -2.22. The van der Waals surface area contributed by atoms with Crippen molar-refractivity contribution in [3.8, 4) is 17.0 Å². The van der Waals surface area contributed by atoms with Crippen molar-refractivity contribution in [3.63, 3.8) is 0 Å². The van der Waals surface area contributed by atoms with Crippen LogP contribution in [0.15, 0.2) is 30.5 Å². The fraction of sp³-hybridized carbons (Fsp3) is 0.357. The molecule has 0 saturated carbocycles. The molecule has 3 rings (SSSR count). The summed E-state index contributed by atoms with van der Waals surface area (Å²) in [6, 6.07) is 7.32. The summed E-state index contributed by atoms with van der Waals surface area (Å²) in [4.78, 5) is 4.53. The number of aromatic nitrogens is 2. The Labute approximate surface area is 111 Å². The minimum absolute atomic E-state index is 0.330. The van der Waals surface area contributed by atoms with E-state index < -0.39 is 6.17 Å². The highest BCUT2D eigenvalue weighted by Crippen LogP contribution is 2.29. The molecule has 4 nitrogen and oxygen atoms in total. The van der Waals surface area contributed by atoms with Crippen LogP contribution < -0.4 is 10.5 Å². The standard InChI is InChI=1S/C14H16FN3O/c1-19-11-4-2-3-9(5-11)13-8-18-7-10(15)6-12(16)14(18)17-13/h2-5,8,10,12H,6-7,16H2,1H3. The van der Waals surface area contributed by atoms with Crippen molar-refractivity contribution in [1.29, 1.82) is 0 Å². The average Bonchev–Trinajstić information content (AvgIpc) is 2.83. The number of ether oxygens (including phenoxy) is 1. The minimum Gasteiger partial charge on any atom is -0.497 e. The molecular weight excluding hydrogens is 245 g/mol. The van der Waals surface area contributed by atoms with E-state index >= 15 is 0 Å². The maximum atomic E-state index is 13.5. The van der Waals surface area contributed by atoms with Crippen LogP contribution in [0.2, 0.25) is 0 Å². The predicted molar refractivity (Wildman–Crippen MR) is 70.7 cm³/mol. The van der Waals surface area contributed by atoms with Crippen LogP contribution in [0, 0.1) is 0 Å². The topological polar surface area (TPSA) is 53.1 Å². The highest BCUT2D eigenvalue weighted by atomic mass is 19.1. The Balaban J connectivity index is 2.00. The van der Waals surface area contributed by atoms with Gasteiger partial charge in [-0.2, -0.15) is 0 Å². The van der Waals surface area contributed by atoms with E-state index in [1.54, 1.807) is 7.11 Å². The molecule has 100 valence electrons. The zero-order chi connectivity index (χ0) is 13.4. The maximum Gasteiger partial charge on any atom is 0.126 e. The van der Waals surface area contributed by atoms with Crippen LogP contribution >= 0.6 is 0 Å². The van der Waals surface area contributed by atoms with Crippen LogP contribution in [0.5, 0.6) is 5.75 Å². The van der Waals surface area contributed by atoms with Crippen LogP contribution in [0.25, 0.3) is 11.3 Å². The molecule has 2 N–H and O–H groups in total. The molecule has 1 aromatic heterocycles. The van der Waals surface area contributed by atoms with Gasteiger partial charge in [-0.25, -0.2) is 9.37 Å². The lowest BCUT2D eigenvalue weighted by Crippen LogP contribution is -2.29. The number of alkyl halides is 1. The Morgan fingerprint density at radius 3 is 3.11 bits per heavy atom. The molecule has 1 aromatic carbocycles. The third-order valence-electron chi connectivity index (χ3n) is 3.41. The minimum atomic E-state index is -0.894. The van der Waals surface area contributed by atoms with Gasteiger partial charge in [0, 0.05) is 18.2 Å². The van der Waals surface area contributed by atoms with E-state index in [9.17, 15) is 4.39 Å². The second kappa shape index (κ2) is 4.66. The molecule has 0 amide bonds. The van der Waals surface area contributed by atoms with Gasteiger partial charge in [-0.3, -0.25) is 0 Å². The molecule has 1 aliphatic rings. The lowest BCUT2D eigenvalue weighted by molar-refractivity contribution is 0.230. The van der Waals surface area contributed by atoms with Gasteiger partial charge in [0.25, 0.3) is 0 Å². The number of imidazole rings is 1. The first-order valence-electron chi connectivity index (χ1n) is 6.28. The Bertz CT molecular complexity index is 596. The first kappa shape index (κ1) is 12.2. The summed E-state index contributed by atoms with van der Waals surface area (Å²) >= 11 is 0. The van der Waals surface area contributed by atoms with Crippen LogP contribution in [0.4, 0.5) is 4.39 Å². The lowest BCUT2D eigenvalue weighted by atomic mass is 10.1. The normalized spacial score (nSPS) is 22.1. The monoisotopic (exact) mass is 261 g/mol. The summed E-state index contributed by atoms with van der Waals surface area (Å²) in [7, 11) is 1.63. The molecule has 0 saturated heterocycles. The summed E-state index contributed by atoms with van der Waals surface area (Å²) in [6.45, 7) is 0.333. The number of hydrogen-bond acceptors (Lipinski definition) is 3. The smallest absolute Gasteiger partial charge is 0.126 e. The molecule has 1 aliphatic heterocycles. The molecule has 0 bridgehead atoms. The van der Waals surface area contributed by atoms with E-state index in [0.29, 0.717) is 13.0 Å². The molecule has 2 unspecified atom stereocenters. The Hall–Kier alpha value is -1.88. The molecule has 19 heavy (non-hydrogen) atoms. The van der Waals surface area contributed by atoms with Crippen molar-refractivity contribution in [1.82, 2.24) is 9.55 Å². The summed E-state index contributed by atoms with van der Waals surface area (Å²) in [6.07, 6.45) is 1.31. The molecular formula is C14H16FN3O.